The van der Waals surface area contributed by atoms with Gasteiger partial charge in [0.15, 0.2) is 13.2 Å². The van der Waals surface area contributed by atoms with E-state index in [-0.39, 0.29) is 23.1 Å². The van der Waals surface area contributed by atoms with E-state index in [1.807, 2.05) is 0 Å². The van der Waals surface area contributed by atoms with E-state index in [1.54, 1.807) is 78.9 Å². The summed E-state index contributed by atoms with van der Waals surface area (Å²) in [6.07, 6.45) is -0.102. The molecule has 1 atom stereocenters. The predicted octanol–water partition coefficient (Wildman–Crippen LogP) is 3.89. The lowest BCUT2D eigenvalue weighted by molar-refractivity contribution is -0.151. The van der Waals surface area contributed by atoms with Crippen LogP contribution in [0.5, 0.6) is 11.5 Å². The number of benzene rings is 4. The number of hydrogen-bond donors (Lipinski definition) is 2. The summed E-state index contributed by atoms with van der Waals surface area (Å²) in [4.78, 5) is 79.3. The lowest BCUT2D eigenvalue weighted by Gasteiger charge is -2.24. The van der Waals surface area contributed by atoms with Gasteiger partial charge in [0.05, 0.1) is 42.3 Å². The highest BCUT2D eigenvalue weighted by Gasteiger charge is 2.44. The highest BCUT2D eigenvalue weighted by Crippen LogP contribution is 2.29. The number of nitrogens with one attached hydrogen (secondary N) is 2. The Morgan fingerprint density at radius 2 is 1.18 bits per heavy atom. The van der Waals surface area contributed by atoms with Crippen LogP contribution in [0.3, 0.4) is 0 Å². The number of methoxy groups -OCH3 is 2. The van der Waals surface area contributed by atoms with Crippen LogP contribution in [0.2, 0.25) is 0 Å². The van der Waals surface area contributed by atoms with E-state index in [2.05, 4.69) is 10.6 Å². The van der Waals surface area contributed by atoms with Crippen molar-refractivity contribution in [2.75, 3.05) is 38.1 Å². The molecule has 0 fully saturated rings. The largest absolute Gasteiger partial charge is 0.495 e. The van der Waals surface area contributed by atoms with E-state index in [1.165, 1.54) is 32.4 Å². The maximum absolute atomic E-state index is 13.7. The van der Waals surface area contributed by atoms with Crippen molar-refractivity contribution in [1.29, 1.82) is 0 Å². The van der Waals surface area contributed by atoms with Gasteiger partial charge in [-0.3, -0.25) is 24.1 Å². The second-order valence-electron chi connectivity index (χ2n) is 10.6. The van der Waals surface area contributed by atoms with Crippen LogP contribution in [0.4, 0.5) is 11.4 Å². The molecule has 0 spiro atoms. The summed E-state index contributed by atoms with van der Waals surface area (Å²) < 4.78 is 20.9. The molecule has 1 heterocycles. The van der Waals surface area contributed by atoms with E-state index in [4.69, 9.17) is 18.9 Å². The maximum Gasteiger partial charge on any atom is 0.338 e. The Morgan fingerprint density at radius 3 is 1.78 bits per heavy atom. The van der Waals surface area contributed by atoms with Crippen LogP contribution in [0.25, 0.3) is 0 Å². The van der Waals surface area contributed by atoms with Crippen molar-refractivity contribution in [3.05, 3.63) is 119 Å². The van der Waals surface area contributed by atoms with Crippen LogP contribution in [0.15, 0.2) is 97.1 Å². The zero-order valence-corrected chi connectivity index (χ0v) is 26.5. The van der Waals surface area contributed by atoms with Crippen LogP contribution in [-0.2, 0) is 30.3 Å². The lowest BCUT2D eigenvalue weighted by atomic mass is 10.0. The molecule has 0 saturated carbocycles. The van der Waals surface area contributed by atoms with Crippen molar-refractivity contribution in [1.82, 2.24) is 4.90 Å². The molecule has 4 aromatic carbocycles. The first kappa shape index (κ1) is 33.9. The van der Waals surface area contributed by atoms with Crippen LogP contribution in [0.1, 0.15) is 36.6 Å². The van der Waals surface area contributed by atoms with Crippen molar-refractivity contribution in [3.8, 4) is 11.5 Å². The fourth-order valence-corrected chi connectivity index (χ4v) is 5.10. The molecule has 13 nitrogen and oxygen atoms in total. The van der Waals surface area contributed by atoms with Crippen LogP contribution in [0, 0.1) is 0 Å². The Balaban J connectivity index is 1.28. The summed E-state index contributed by atoms with van der Waals surface area (Å²) in [6, 6.07) is 24.3. The van der Waals surface area contributed by atoms with Crippen molar-refractivity contribution in [2.24, 2.45) is 0 Å². The van der Waals surface area contributed by atoms with Gasteiger partial charge in [0, 0.05) is 6.42 Å². The van der Waals surface area contributed by atoms with Crippen molar-refractivity contribution in [2.45, 2.75) is 12.5 Å². The molecule has 4 aromatic rings. The molecule has 0 aromatic heterocycles. The Morgan fingerprint density at radius 1 is 0.653 bits per heavy atom. The monoisotopic (exact) mass is 665 g/mol. The molecule has 2 N–H and O–H groups in total. The summed E-state index contributed by atoms with van der Waals surface area (Å²) in [6.45, 7) is -1.34. The maximum atomic E-state index is 13.7. The third kappa shape index (κ3) is 7.91. The smallest absolute Gasteiger partial charge is 0.338 e. The fraction of sp³-hybridized carbons (Fsp3) is 0.167. The second-order valence-corrected chi connectivity index (χ2v) is 10.6. The van der Waals surface area contributed by atoms with Gasteiger partial charge in [-0.1, -0.05) is 54.6 Å². The minimum atomic E-state index is -1.44. The van der Waals surface area contributed by atoms with Crippen molar-refractivity contribution < 1.29 is 47.7 Å². The normalized spacial score (nSPS) is 12.4. The zero-order valence-electron chi connectivity index (χ0n) is 26.5. The summed E-state index contributed by atoms with van der Waals surface area (Å²) in [5.41, 5.74) is 1.08. The summed E-state index contributed by atoms with van der Waals surface area (Å²) >= 11 is 0. The average molecular weight is 666 g/mol. The van der Waals surface area contributed by atoms with Gasteiger partial charge >= 0.3 is 11.9 Å². The SMILES string of the molecule is COc1ccccc1NC(=O)COC(=O)c1ccc2c(c1)C(=O)N([C@@H](Cc1ccccc1)C(=O)OCC(=O)Nc1ccccc1OC)C2=O. The first-order valence-corrected chi connectivity index (χ1v) is 15.0. The molecular formula is C36H31N3O10. The quantitative estimate of drug-likeness (QED) is 0.158. The Hall–Kier alpha value is -6.50. The zero-order chi connectivity index (χ0) is 34.9. The summed E-state index contributed by atoms with van der Waals surface area (Å²) in [5, 5.41) is 5.18. The van der Waals surface area contributed by atoms with Crippen molar-refractivity contribution >= 4 is 46.9 Å². The van der Waals surface area contributed by atoms with Gasteiger partial charge in [0.1, 0.15) is 17.5 Å². The Bertz CT molecular complexity index is 1910. The standard InChI is InChI=1S/C36H31N3O10/c1-46-29-14-8-6-12-26(29)37-31(40)20-48-35(44)23-16-17-24-25(19-23)34(43)39(33(24)42)28(18-22-10-4-3-5-11-22)36(45)49-21-32(41)38-27-13-7-9-15-30(27)47-2/h3-17,19,28H,18,20-21H2,1-2H3,(H,37,40)(H,38,41)/t28-/m0/s1. The number of esters is 2. The number of para-hydroxylation sites is 4. The summed E-state index contributed by atoms with van der Waals surface area (Å²) in [7, 11) is 2.89. The van der Waals surface area contributed by atoms with Crippen molar-refractivity contribution in [3.63, 3.8) is 0 Å². The van der Waals surface area contributed by atoms with Gasteiger partial charge in [0.25, 0.3) is 23.6 Å². The second kappa shape index (κ2) is 15.4. The third-order valence-electron chi connectivity index (χ3n) is 7.45. The molecule has 0 saturated heterocycles. The number of imide groups is 1. The summed E-state index contributed by atoms with van der Waals surface area (Å²) in [5.74, 6) is -4.03. The van der Waals surface area contributed by atoms with Gasteiger partial charge in [0.2, 0.25) is 0 Å². The third-order valence-corrected chi connectivity index (χ3v) is 7.45. The topological polar surface area (TPSA) is 167 Å². The number of anilines is 2. The highest BCUT2D eigenvalue weighted by atomic mass is 16.5. The van der Waals surface area contributed by atoms with Gasteiger partial charge in [-0.05, 0) is 48.0 Å². The van der Waals surface area contributed by atoms with Gasteiger partial charge < -0.3 is 29.6 Å². The Kier molecular flexibility index (Phi) is 10.6. The first-order valence-electron chi connectivity index (χ1n) is 15.0. The fourth-order valence-electron chi connectivity index (χ4n) is 5.10. The molecule has 1 aliphatic heterocycles. The molecular weight excluding hydrogens is 634 g/mol. The van der Waals surface area contributed by atoms with Gasteiger partial charge in [-0.15, -0.1) is 0 Å². The highest BCUT2D eigenvalue weighted by molar-refractivity contribution is 6.23. The number of nitrogens with zero attached hydrogens (tertiary/aromatic N) is 1. The Labute approximate surface area is 280 Å². The van der Waals surface area contributed by atoms with E-state index in [9.17, 15) is 28.8 Å². The molecule has 5 rings (SSSR count). The number of carbonyl (C=O) groups is 6. The lowest BCUT2D eigenvalue weighted by Crippen LogP contribution is -2.47. The van der Waals surface area contributed by atoms with E-state index in [0.29, 0.717) is 28.4 Å². The number of ether oxygens (including phenoxy) is 4. The minimum absolute atomic E-state index is 0.0461. The van der Waals surface area contributed by atoms with E-state index < -0.39 is 54.8 Å². The average Bonchev–Trinajstić information content (AvgIpc) is 3.37. The van der Waals surface area contributed by atoms with Crippen LogP contribution < -0.4 is 20.1 Å². The van der Waals surface area contributed by atoms with Crippen LogP contribution in [-0.4, -0.2) is 73.9 Å². The molecule has 0 radical (unpaired) electrons. The van der Waals surface area contributed by atoms with E-state index >= 15 is 0 Å². The number of carbonyl (C=O) groups excluding carboxylic acids is 6. The molecule has 0 aliphatic carbocycles. The molecule has 0 bridgehead atoms. The molecule has 4 amide bonds. The van der Waals surface area contributed by atoms with E-state index in [0.717, 1.165) is 4.90 Å². The number of hydrogen-bond acceptors (Lipinski definition) is 10. The number of rotatable bonds is 13. The molecule has 49 heavy (non-hydrogen) atoms. The first-order chi connectivity index (χ1) is 23.7. The number of amides is 4. The van der Waals surface area contributed by atoms with Crippen LogP contribution >= 0.6 is 0 Å². The molecule has 1 aliphatic rings. The number of fused-ring (bicyclic) bond motifs is 1. The van der Waals surface area contributed by atoms with Gasteiger partial charge in [-0.2, -0.15) is 0 Å². The molecule has 13 heteroatoms. The van der Waals surface area contributed by atoms with Gasteiger partial charge in [-0.25, -0.2) is 9.59 Å². The molecule has 0 unspecified atom stereocenters. The molecule has 250 valence electrons. The predicted molar refractivity (Wildman–Crippen MR) is 175 cm³/mol. The minimum Gasteiger partial charge on any atom is -0.495 e.